The third kappa shape index (κ3) is 4.31. The van der Waals surface area contributed by atoms with Crippen LogP contribution in [0.25, 0.3) is 11.1 Å². The molecule has 1 amide bonds. The summed E-state index contributed by atoms with van der Waals surface area (Å²) in [5, 5.41) is 10.2. The number of carbonyl (C=O) groups excluding carboxylic acids is 1. The number of nitrogens with zero attached hydrogens (tertiary/aromatic N) is 3. The highest BCUT2D eigenvalue weighted by molar-refractivity contribution is 5.94. The molecule has 2 aliphatic heterocycles. The summed E-state index contributed by atoms with van der Waals surface area (Å²) in [5.41, 5.74) is 5.59. The number of hydrogen-bond acceptors (Lipinski definition) is 4. The zero-order valence-electron chi connectivity index (χ0n) is 19.1. The van der Waals surface area contributed by atoms with Crippen molar-refractivity contribution in [2.75, 3.05) is 26.2 Å². The van der Waals surface area contributed by atoms with Crippen LogP contribution >= 0.6 is 0 Å². The highest BCUT2D eigenvalue weighted by Crippen LogP contribution is 2.42. The number of pyridine rings is 1. The lowest BCUT2D eigenvalue weighted by atomic mass is 9.74. The van der Waals surface area contributed by atoms with E-state index in [-0.39, 0.29) is 30.5 Å². The Bertz CT molecular complexity index is 1080. The predicted molar refractivity (Wildman–Crippen MR) is 130 cm³/mol. The molecule has 5 heteroatoms. The van der Waals surface area contributed by atoms with Crippen molar-refractivity contribution in [1.82, 2.24) is 14.8 Å². The van der Waals surface area contributed by atoms with Gasteiger partial charge in [0.25, 0.3) is 5.91 Å². The molecule has 0 spiro atoms. The van der Waals surface area contributed by atoms with Gasteiger partial charge in [-0.3, -0.25) is 14.7 Å². The van der Waals surface area contributed by atoms with Gasteiger partial charge in [-0.1, -0.05) is 54.1 Å². The van der Waals surface area contributed by atoms with E-state index in [0.717, 1.165) is 25.9 Å². The highest BCUT2D eigenvalue weighted by Gasteiger charge is 2.49. The maximum Gasteiger partial charge on any atom is 0.254 e. The van der Waals surface area contributed by atoms with Gasteiger partial charge in [0.1, 0.15) is 0 Å². The second-order valence-corrected chi connectivity index (χ2v) is 9.26. The number of amides is 1. The molecule has 3 aromatic rings. The van der Waals surface area contributed by atoms with Crippen LogP contribution in [0.3, 0.4) is 0 Å². The number of aryl methyl sites for hydroxylation is 1. The van der Waals surface area contributed by atoms with Crippen molar-refractivity contribution in [2.24, 2.45) is 0 Å². The molecule has 0 radical (unpaired) electrons. The van der Waals surface area contributed by atoms with Crippen LogP contribution in [0.1, 0.15) is 40.2 Å². The summed E-state index contributed by atoms with van der Waals surface area (Å²) in [5.74, 6) is 0.285. The average molecular weight is 442 g/mol. The standard InChI is InChI=1S/C28H31N3O2/c1-20-4-6-21(7-5-20)22-8-10-23(11-9-22)27-25-18-30(28(33)24-12-14-29-15-13-24)16-2-3-17-31(25)26(27)19-32/h4-15,25-27,32H,2-3,16-19H2,1H3/t25-,26-,27+/m1/s1. The van der Waals surface area contributed by atoms with Gasteiger partial charge in [0.2, 0.25) is 0 Å². The third-order valence-electron chi connectivity index (χ3n) is 7.26. The lowest BCUT2D eigenvalue weighted by molar-refractivity contribution is -0.0606. The fourth-order valence-electron chi connectivity index (χ4n) is 5.45. The highest BCUT2D eigenvalue weighted by atomic mass is 16.3. The summed E-state index contributed by atoms with van der Waals surface area (Å²) in [4.78, 5) is 21.6. The molecule has 5 rings (SSSR count). The number of aromatic nitrogens is 1. The summed E-state index contributed by atoms with van der Waals surface area (Å²) in [6, 6.07) is 21.3. The zero-order chi connectivity index (χ0) is 22.8. The van der Waals surface area contributed by atoms with Crippen LogP contribution in [0.4, 0.5) is 0 Å². The van der Waals surface area contributed by atoms with E-state index in [1.807, 2.05) is 4.90 Å². The van der Waals surface area contributed by atoms with Crippen LogP contribution in [-0.4, -0.2) is 64.1 Å². The largest absolute Gasteiger partial charge is 0.395 e. The van der Waals surface area contributed by atoms with Crippen LogP contribution in [0, 0.1) is 6.92 Å². The molecule has 2 fully saturated rings. The van der Waals surface area contributed by atoms with E-state index in [0.29, 0.717) is 12.1 Å². The van der Waals surface area contributed by atoms with E-state index in [2.05, 4.69) is 65.3 Å². The Labute approximate surface area is 195 Å². The Kier molecular flexibility index (Phi) is 6.25. The van der Waals surface area contributed by atoms with Crippen LogP contribution in [-0.2, 0) is 0 Å². The van der Waals surface area contributed by atoms with Crippen LogP contribution in [0.5, 0.6) is 0 Å². The number of hydrogen-bond donors (Lipinski definition) is 1. The minimum absolute atomic E-state index is 0.0696. The summed E-state index contributed by atoms with van der Waals surface area (Å²) in [6.45, 7) is 4.67. The summed E-state index contributed by atoms with van der Waals surface area (Å²) in [6.07, 6.45) is 5.36. The first kappa shape index (κ1) is 21.8. The van der Waals surface area contributed by atoms with Gasteiger partial charge in [-0.2, -0.15) is 0 Å². The monoisotopic (exact) mass is 441 g/mol. The first-order valence-corrected chi connectivity index (χ1v) is 11.9. The third-order valence-corrected chi connectivity index (χ3v) is 7.26. The Balaban J connectivity index is 1.38. The van der Waals surface area contributed by atoms with E-state index in [4.69, 9.17) is 0 Å². The smallest absolute Gasteiger partial charge is 0.254 e. The number of benzene rings is 2. The van der Waals surface area contributed by atoms with E-state index in [9.17, 15) is 9.90 Å². The molecule has 3 heterocycles. The number of fused-ring (bicyclic) bond motifs is 1. The summed E-state index contributed by atoms with van der Waals surface area (Å²) >= 11 is 0. The van der Waals surface area contributed by atoms with Gasteiger partial charge in [-0.05, 0) is 55.1 Å². The maximum absolute atomic E-state index is 13.2. The molecule has 1 N–H and O–H groups in total. The van der Waals surface area contributed by atoms with Gasteiger partial charge < -0.3 is 10.0 Å². The molecule has 2 aliphatic rings. The zero-order valence-corrected chi connectivity index (χ0v) is 19.1. The average Bonchev–Trinajstić information content (AvgIpc) is 2.84. The molecule has 0 unspecified atom stereocenters. The minimum atomic E-state index is 0.0696. The number of rotatable bonds is 4. The van der Waals surface area contributed by atoms with Crippen molar-refractivity contribution in [3.05, 3.63) is 89.7 Å². The summed E-state index contributed by atoms with van der Waals surface area (Å²) in [7, 11) is 0. The minimum Gasteiger partial charge on any atom is -0.395 e. The normalized spacial score (nSPS) is 23.2. The molecule has 0 bridgehead atoms. The lowest BCUT2D eigenvalue weighted by Crippen LogP contribution is -2.67. The van der Waals surface area contributed by atoms with E-state index in [1.54, 1.807) is 24.5 Å². The maximum atomic E-state index is 13.2. The van der Waals surface area contributed by atoms with Crippen molar-refractivity contribution < 1.29 is 9.90 Å². The van der Waals surface area contributed by atoms with Crippen molar-refractivity contribution >= 4 is 5.91 Å². The first-order chi connectivity index (χ1) is 16.2. The lowest BCUT2D eigenvalue weighted by Gasteiger charge is -2.57. The predicted octanol–water partition coefficient (Wildman–Crippen LogP) is 4.12. The van der Waals surface area contributed by atoms with Crippen molar-refractivity contribution in [2.45, 2.75) is 37.8 Å². The van der Waals surface area contributed by atoms with Crippen molar-refractivity contribution in [3.8, 4) is 11.1 Å². The Morgan fingerprint density at radius 3 is 2.24 bits per heavy atom. The van der Waals surface area contributed by atoms with Gasteiger partial charge in [0.05, 0.1) is 6.61 Å². The first-order valence-electron chi connectivity index (χ1n) is 11.9. The molecule has 3 atom stereocenters. The quantitative estimate of drug-likeness (QED) is 0.662. The van der Waals surface area contributed by atoms with Crippen molar-refractivity contribution in [1.29, 1.82) is 0 Å². The van der Waals surface area contributed by atoms with E-state index < -0.39 is 0 Å². The fraction of sp³-hybridized carbons (Fsp3) is 0.357. The fourth-order valence-corrected chi connectivity index (χ4v) is 5.45. The molecule has 2 aromatic carbocycles. The van der Waals surface area contributed by atoms with E-state index >= 15 is 0 Å². The molecule has 5 nitrogen and oxygen atoms in total. The van der Waals surface area contributed by atoms with Gasteiger partial charge >= 0.3 is 0 Å². The number of aliphatic hydroxyl groups is 1. The molecule has 170 valence electrons. The number of aliphatic hydroxyl groups excluding tert-OH is 1. The molecule has 0 aliphatic carbocycles. The molecular formula is C28H31N3O2. The number of carbonyl (C=O) groups is 1. The van der Waals surface area contributed by atoms with Gasteiger partial charge in [0, 0.05) is 49.0 Å². The Morgan fingerprint density at radius 2 is 1.58 bits per heavy atom. The van der Waals surface area contributed by atoms with Crippen LogP contribution in [0.15, 0.2) is 73.1 Å². The van der Waals surface area contributed by atoms with Crippen LogP contribution < -0.4 is 0 Å². The Hall–Kier alpha value is -3.02. The molecular weight excluding hydrogens is 410 g/mol. The SMILES string of the molecule is Cc1ccc(-c2ccc([C@@H]3[C@@H](CO)N4CCCCN(C(=O)c5ccncc5)C[C@H]34)cc2)cc1. The van der Waals surface area contributed by atoms with E-state index in [1.165, 1.54) is 22.3 Å². The molecule has 0 saturated carbocycles. The van der Waals surface area contributed by atoms with Gasteiger partial charge in [0.15, 0.2) is 0 Å². The molecule has 2 saturated heterocycles. The second-order valence-electron chi connectivity index (χ2n) is 9.26. The van der Waals surface area contributed by atoms with Crippen LogP contribution in [0.2, 0.25) is 0 Å². The molecule has 33 heavy (non-hydrogen) atoms. The topological polar surface area (TPSA) is 56.7 Å². The van der Waals surface area contributed by atoms with Gasteiger partial charge in [-0.15, -0.1) is 0 Å². The van der Waals surface area contributed by atoms with Gasteiger partial charge in [-0.25, -0.2) is 0 Å². The molecule has 1 aromatic heterocycles. The summed E-state index contributed by atoms with van der Waals surface area (Å²) < 4.78 is 0. The second kappa shape index (κ2) is 9.46. The Morgan fingerprint density at radius 1 is 0.939 bits per heavy atom. The van der Waals surface area contributed by atoms with Crippen molar-refractivity contribution in [3.63, 3.8) is 0 Å².